The van der Waals surface area contributed by atoms with Gasteiger partial charge in [0.05, 0.1) is 24.9 Å². The molecule has 1 aromatic carbocycles. The average Bonchev–Trinajstić information content (AvgIpc) is 3.96. The normalized spacial score (nSPS) is 26.7. The molecule has 3 aromatic rings. The third-order valence-corrected chi connectivity index (χ3v) is 10.2. The number of anilines is 1. The molecule has 2 saturated carbocycles. The molecule has 0 spiro atoms. The molecule has 6 atom stereocenters. The number of carbonyl (C=O) groups excluding carboxylic acids is 1. The van der Waals surface area contributed by atoms with Gasteiger partial charge in [-0.15, -0.1) is 11.6 Å². The molecule has 3 aliphatic rings. The van der Waals surface area contributed by atoms with Gasteiger partial charge in [-0.2, -0.15) is 5.09 Å². The molecule has 0 bridgehead atoms. The molecule has 3 fully saturated rings. The van der Waals surface area contributed by atoms with Crippen LogP contribution in [0.3, 0.4) is 0 Å². The van der Waals surface area contributed by atoms with Crippen LogP contribution in [0.2, 0.25) is 0 Å². The predicted octanol–water partition coefficient (Wildman–Crippen LogP) is 4.60. The lowest BCUT2D eigenvalue weighted by Gasteiger charge is -2.31. The lowest BCUT2D eigenvalue weighted by molar-refractivity contribution is -0.149. The van der Waals surface area contributed by atoms with Crippen LogP contribution in [0, 0.1) is 6.92 Å². The van der Waals surface area contributed by atoms with E-state index < -0.39 is 62.5 Å². The maximum Gasteiger partial charge on any atom is 0.459 e. The van der Waals surface area contributed by atoms with Gasteiger partial charge in [-0.1, -0.05) is 18.2 Å². The van der Waals surface area contributed by atoms with E-state index in [2.05, 4.69) is 20.0 Å². The second-order valence-electron chi connectivity index (χ2n) is 12.4. The Morgan fingerprint density at radius 2 is 1.89 bits per heavy atom. The molecule has 1 saturated heterocycles. The van der Waals surface area contributed by atoms with Crippen LogP contribution in [-0.2, 0) is 23.4 Å². The molecule has 46 heavy (non-hydrogen) atoms. The molecule has 2 aromatic heterocycles. The van der Waals surface area contributed by atoms with Gasteiger partial charge in [0.15, 0.2) is 29.4 Å². The van der Waals surface area contributed by atoms with E-state index >= 15 is 4.39 Å². The molecule has 0 radical (unpaired) electrons. The molecule has 0 unspecified atom stereocenters. The van der Waals surface area contributed by atoms with Gasteiger partial charge >= 0.3 is 13.7 Å². The number of aliphatic hydroxyl groups excluding tert-OH is 1. The van der Waals surface area contributed by atoms with Crippen molar-refractivity contribution in [3.05, 3.63) is 42.5 Å². The molecule has 250 valence electrons. The Labute approximate surface area is 271 Å². The van der Waals surface area contributed by atoms with Crippen molar-refractivity contribution in [3.8, 4) is 5.75 Å². The smallest absolute Gasteiger partial charge is 0.459 e. The topological polar surface area (TPSA) is 150 Å². The minimum Gasteiger partial charge on any atom is -0.462 e. The van der Waals surface area contributed by atoms with E-state index in [0.29, 0.717) is 34.9 Å². The fourth-order valence-corrected chi connectivity index (χ4v) is 7.40. The average molecular weight is 681 g/mol. The number of imidazole rings is 1. The number of para-hydroxylation sites is 1. The number of halogens is 2. The Morgan fingerprint density at radius 1 is 1.22 bits per heavy atom. The third kappa shape index (κ3) is 6.74. The number of ether oxygens (including phenoxy) is 2. The summed E-state index contributed by atoms with van der Waals surface area (Å²) in [7, 11) is -4.37. The van der Waals surface area contributed by atoms with Crippen LogP contribution >= 0.6 is 19.3 Å². The van der Waals surface area contributed by atoms with E-state index in [4.69, 9.17) is 35.1 Å². The standard InChI is InChI=1S/C30H39ClFN6O7P/c1-17(2)43-29(40)18(3)36-46(41,45-22-8-6-5-7-9-22)42-15-30(14-31)25(39)23(32)28(44-30)37-16-33-24-26(37)34-19(4)35-27(24)38(20-10-11-20)21-12-13-21/h5-9,16-18,20-21,23,25,28,39H,10-15H2,1-4H3,(H,36,41)/t18-,23+,25-,28+,30+,46+/m0/s1. The van der Waals surface area contributed by atoms with Crippen molar-refractivity contribution in [2.45, 2.75) is 102 Å². The number of aromatic nitrogens is 4. The van der Waals surface area contributed by atoms with Gasteiger partial charge in [0.2, 0.25) is 0 Å². The summed E-state index contributed by atoms with van der Waals surface area (Å²) in [6, 6.07) is 7.86. The summed E-state index contributed by atoms with van der Waals surface area (Å²) in [6.07, 6.45) is 0.154. The highest BCUT2D eigenvalue weighted by Crippen LogP contribution is 2.49. The maximum absolute atomic E-state index is 16.0. The van der Waals surface area contributed by atoms with Crippen molar-refractivity contribution < 1.29 is 37.4 Å². The lowest BCUT2D eigenvalue weighted by atomic mass is 9.99. The number of fused-ring (bicyclic) bond motifs is 1. The Kier molecular flexibility index (Phi) is 9.32. The van der Waals surface area contributed by atoms with Gasteiger partial charge < -0.3 is 24.0 Å². The van der Waals surface area contributed by atoms with Crippen molar-refractivity contribution in [2.75, 3.05) is 17.4 Å². The first-order valence-corrected chi connectivity index (χ1v) is 17.5. The predicted molar refractivity (Wildman–Crippen MR) is 168 cm³/mol. The highest BCUT2D eigenvalue weighted by molar-refractivity contribution is 7.52. The zero-order valence-electron chi connectivity index (χ0n) is 26.1. The fourth-order valence-electron chi connectivity index (χ4n) is 5.55. The van der Waals surface area contributed by atoms with Crippen LogP contribution in [0.15, 0.2) is 36.7 Å². The zero-order chi connectivity index (χ0) is 32.8. The van der Waals surface area contributed by atoms with Gasteiger partial charge in [-0.3, -0.25) is 13.9 Å². The lowest BCUT2D eigenvalue weighted by Crippen LogP contribution is -2.48. The molecule has 2 N–H and O–H groups in total. The van der Waals surface area contributed by atoms with Crippen LogP contribution in [0.1, 0.15) is 58.5 Å². The first-order valence-electron chi connectivity index (χ1n) is 15.5. The van der Waals surface area contributed by atoms with E-state index in [1.54, 1.807) is 51.1 Å². The van der Waals surface area contributed by atoms with Crippen molar-refractivity contribution in [2.24, 2.45) is 0 Å². The highest BCUT2D eigenvalue weighted by Gasteiger charge is 2.57. The number of rotatable bonds is 14. The molecule has 13 nitrogen and oxygen atoms in total. The molecule has 2 aliphatic carbocycles. The van der Waals surface area contributed by atoms with E-state index in [1.165, 1.54) is 17.8 Å². The van der Waals surface area contributed by atoms with Crippen LogP contribution in [0.5, 0.6) is 5.75 Å². The maximum atomic E-state index is 16.0. The van der Waals surface area contributed by atoms with E-state index in [-0.39, 0.29) is 5.75 Å². The van der Waals surface area contributed by atoms with Crippen molar-refractivity contribution in [1.82, 2.24) is 24.6 Å². The summed E-state index contributed by atoms with van der Waals surface area (Å²) in [5.74, 6) is 0.270. The first-order chi connectivity index (χ1) is 21.9. The minimum atomic E-state index is -4.37. The van der Waals surface area contributed by atoms with Gasteiger partial charge in [0.1, 0.15) is 29.3 Å². The molecule has 1 aliphatic heterocycles. The van der Waals surface area contributed by atoms with Crippen molar-refractivity contribution in [1.29, 1.82) is 0 Å². The number of aryl methyl sites for hydroxylation is 1. The largest absolute Gasteiger partial charge is 0.462 e. The number of hydrogen-bond acceptors (Lipinski definition) is 11. The zero-order valence-corrected chi connectivity index (χ0v) is 27.7. The highest BCUT2D eigenvalue weighted by atomic mass is 35.5. The molecular weight excluding hydrogens is 642 g/mol. The third-order valence-electron chi connectivity index (χ3n) is 8.11. The second-order valence-corrected chi connectivity index (χ2v) is 14.4. The summed E-state index contributed by atoms with van der Waals surface area (Å²) in [4.78, 5) is 28.7. The summed E-state index contributed by atoms with van der Waals surface area (Å²) < 4.78 is 54.4. The van der Waals surface area contributed by atoms with Crippen LogP contribution < -0.4 is 14.5 Å². The molecule has 3 heterocycles. The minimum absolute atomic E-state index is 0.180. The Hall–Kier alpha value is -2.87. The van der Waals surface area contributed by atoms with Gasteiger partial charge in [0.25, 0.3) is 0 Å². The quantitative estimate of drug-likeness (QED) is 0.139. The van der Waals surface area contributed by atoms with Crippen molar-refractivity contribution in [3.63, 3.8) is 0 Å². The van der Waals surface area contributed by atoms with Crippen LogP contribution in [0.25, 0.3) is 11.2 Å². The Morgan fingerprint density at radius 3 is 2.50 bits per heavy atom. The summed E-state index contributed by atoms with van der Waals surface area (Å²) in [5.41, 5.74) is -0.987. The van der Waals surface area contributed by atoms with E-state index in [1.807, 2.05) is 0 Å². The number of carbonyl (C=O) groups is 1. The van der Waals surface area contributed by atoms with E-state index in [0.717, 1.165) is 25.7 Å². The fraction of sp³-hybridized carbons (Fsp3) is 0.600. The molecule has 0 amide bonds. The summed E-state index contributed by atoms with van der Waals surface area (Å²) in [5, 5.41) is 13.8. The first kappa shape index (κ1) is 33.0. The summed E-state index contributed by atoms with van der Waals surface area (Å²) in [6.45, 7) is 5.92. The number of alkyl halides is 2. The number of esters is 1. The number of aliphatic hydroxyl groups is 1. The van der Waals surface area contributed by atoms with Gasteiger partial charge in [0, 0.05) is 12.1 Å². The summed E-state index contributed by atoms with van der Waals surface area (Å²) >= 11 is 6.33. The van der Waals surface area contributed by atoms with Crippen molar-refractivity contribution >= 4 is 42.3 Å². The Bertz CT molecular complexity index is 1600. The molecule has 16 heteroatoms. The number of hydrogen-bond donors (Lipinski definition) is 2. The second kappa shape index (κ2) is 13.0. The number of benzene rings is 1. The van der Waals surface area contributed by atoms with Crippen LogP contribution in [0.4, 0.5) is 10.2 Å². The number of nitrogens with one attached hydrogen (secondary N) is 1. The van der Waals surface area contributed by atoms with Gasteiger partial charge in [-0.25, -0.2) is 23.9 Å². The Balaban J connectivity index is 1.26. The van der Waals surface area contributed by atoms with Crippen LogP contribution in [-0.4, -0.2) is 85.2 Å². The number of nitrogens with zero attached hydrogens (tertiary/aromatic N) is 5. The van der Waals surface area contributed by atoms with E-state index in [9.17, 15) is 14.5 Å². The molecular formula is C30H39ClFN6O7P. The SMILES string of the molecule is Cc1nc(N(C2CC2)C2CC2)c2ncn([C@@H]3O[C@](CCl)(CO[P@](=O)(N[C@@H](C)C(=O)OC(C)C)Oc4ccccc4)[C@@H](O)[C@H]3F)c2n1. The monoisotopic (exact) mass is 680 g/mol. The molecule has 6 rings (SSSR count). The van der Waals surface area contributed by atoms with Gasteiger partial charge in [-0.05, 0) is 65.5 Å².